The fourth-order valence-electron chi connectivity index (χ4n) is 2.89. The van der Waals surface area contributed by atoms with Gasteiger partial charge >= 0.3 is 0 Å². The van der Waals surface area contributed by atoms with E-state index in [0.29, 0.717) is 0 Å². The van der Waals surface area contributed by atoms with Crippen LogP contribution in [0.1, 0.15) is 37.4 Å². The summed E-state index contributed by atoms with van der Waals surface area (Å²) in [5.41, 5.74) is 2.94. The fourth-order valence-corrected chi connectivity index (χ4v) is 2.89. The summed E-state index contributed by atoms with van der Waals surface area (Å²) in [6.07, 6.45) is 0.896. The van der Waals surface area contributed by atoms with Gasteiger partial charge in [-0.15, -0.1) is 0 Å². The van der Waals surface area contributed by atoms with Gasteiger partial charge in [0.25, 0.3) is 0 Å². The van der Waals surface area contributed by atoms with Crippen LogP contribution < -0.4 is 10.1 Å². The van der Waals surface area contributed by atoms with Crippen molar-refractivity contribution in [2.75, 3.05) is 5.32 Å². The minimum absolute atomic E-state index is 0.0609. The molecule has 21 heavy (non-hydrogen) atoms. The Labute approximate surface area is 125 Å². The molecule has 3 rings (SSSR count). The molecule has 110 valence electrons. The third kappa shape index (κ3) is 3.03. The number of hydrogen-bond donors (Lipinski definition) is 2. The Bertz CT molecular complexity index is 637. The van der Waals surface area contributed by atoms with Crippen molar-refractivity contribution in [1.29, 1.82) is 0 Å². The number of rotatable bonds is 3. The maximum absolute atomic E-state index is 9.26. The van der Waals surface area contributed by atoms with Gasteiger partial charge in [0.1, 0.15) is 11.4 Å². The van der Waals surface area contributed by atoms with Gasteiger partial charge in [0.15, 0.2) is 0 Å². The highest BCUT2D eigenvalue weighted by atomic mass is 16.5. The molecule has 0 aromatic heterocycles. The van der Waals surface area contributed by atoms with Gasteiger partial charge in [-0.2, -0.15) is 0 Å². The summed E-state index contributed by atoms with van der Waals surface area (Å²) in [6.45, 7) is 4.29. The highest BCUT2D eigenvalue weighted by Crippen LogP contribution is 2.40. The molecule has 1 atom stereocenters. The van der Waals surface area contributed by atoms with Crippen LogP contribution in [-0.4, -0.2) is 10.7 Å². The molecule has 0 spiro atoms. The molecule has 3 heteroatoms. The van der Waals surface area contributed by atoms with E-state index in [4.69, 9.17) is 4.74 Å². The first-order valence-corrected chi connectivity index (χ1v) is 7.32. The highest BCUT2D eigenvalue weighted by Gasteiger charge is 2.33. The molecule has 0 radical (unpaired) electrons. The maximum Gasteiger partial charge on any atom is 0.125 e. The van der Waals surface area contributed by atoms with Crippen molar-refractivity contribution >= 4 is 5.69 Å². The summed E-state index contributed by atoms with van der Waals surface area (Å²) in [4.78, 5) is 0. The van der Waals surface area contributed by atoms with Gasteiger partial charge < -0.3 is 15.2 Å². The lowest BCUT2D eigenvalue weighted by Gasteiger charge is -2.38. The summed E-state index contributed by atoms with van der Waals surface area (Å²) in [5, 5.41) is 12.8. The quantitative estimate of drug-likeness (QED) is 0.898. The van der Waals surface area contributed by atoms with Crippen LogP contribution in [0.5, 0.6) is 5.75 Å². The van der Waals surface area contributed by atoms with Crippen LogP contribution in [0.25, 0.3) is 0 Å². The van der Waals surface area contributed by atoms with E-state index >= 15 is 0 Å². The number of benzene rings is 2. The Balaban J connectivity index is 1.90. The number of aliphatic hydroxyl groups is 1. The Kier molecular flexibility index (Phi) is 3.60. The summed E-state index contributed by atoms with van der Waals surface area (Å²) < 4.78 is 6.05. The van der Waals surface area contributed by atoms with E-state index in [0.717, 1.165) is 23.4 Å². The Morgan fingerprint density at radius 1 is 1.19 bits per heavy atom. The number of fused-ring (bicyclic) bond motifs is 1. The zero-order valence-corrected chi connectivity index (χ0v) is 12.5. The van der Waals surface area contributed by atoms with Crippen molar-refractivity contribution in [1.82, 2.24) is 0 Å². The largest absolute Gasteiger partial charge is 0.487 e. The number of para-hydroxylation sites is 1. The molecule has 0 saturated carbocycles. The molecule has 2 N–H and O–H groups in total. The van der Waals surface area contributed by atoms with Crippen molar-refractivity contribution in [3.8, 4) is 5.75 Å². The second-order valence-electron chi connectivity index (χ2n) is 6.16. The van der Waals surface area contributed by atoms with Crippen molar-refractivity contribution in [3.63, 3.8) is 0 Å². The van der Waals surface area contributed by atoms with Crippen LogP contribution in [0.4, 0.5) is 5.69 Å². The lowest BCUT2D eigenvalue weighted by molar-refractivity contribution is 0.0759. The van der Waals surface area contributed by atoms with E-state index in [9.17, 15) is 5.11 Å². The van der Waals surface area contributed by atoms with E-state index < -0.39 is 0 Å². The van der Waals surface area contributed by atoms with E-state index in [1.54, 1.807) is 0 Å². The Morgan fingerprint density at radius 3 is 2.81 bits per heavy atom. The molecule has 0 saturated heterocycles. The molecule has 1 unspecified atom stereocenters. The fraction of sp³-hybridized carbons (Fsp3) is 0.333. The van der Waals surface area contributed by atoms with Crippen LogP contribution in [0, 0.1) is 0 Å². The average molecular weight is 283 g/mol. The van der Waals surface area contributed by atoms with Crippen molar-refractivity contribution in [2.45, 2.75) is 38.5 Å². The molecule has 0 aliphatic carbocycles. The van der Waals surface area contributed by atoms with Crippen LogP contribution in [0.15, 0.2) is 48.5 Å². The third-order valence-corrected chi connectivity index (χ3v) is 3.83. The first kappa shape index (κ1) is 14.0. The second kappa shape index (κ2) is 5.41. The van der Waals surface area contributed by atoms with Crippen molar-refractivity contribution in [2.24, 2.45) is 0 Å². The summed E-state index contributed by atoms with van der Waals surface area (Å²) in [6, 6.07) is 16.3. The van der Waals surface area contributed by atoms with Crippen LogP contribution >= 0.6 is 0 Å². The standard InChI is InChI=1S/C18H21NO2/c1-18(2)11-16(15-8-3-4-9-17(15)21-18)19-14-7-5-6-13(10-14)12-20/h3-10,16,19-20H,11-12H2,1-2H3. The molecule has 0 amide bonds. The molecular formula is C18H21NO2. The van der Waals surface area contributed by atoms with Gasteiger partial charge in [-0.3, -0.25) is 0 Å². The molecule has 1 heterocycles. The number of aliphatic hydroxyl groups excluding tert-OH is 1. The normalized spacial score (nSPS) is 19.5. The zero-order valence-electron chi connectivity index (χ0n) is 12.5. The Hall–Kier alpha value is -2.00. The van der Waals surface area contributed by atoms with E-state index in [-0.39, 0.29) is 18.2 Å². The first-order chi connectivity index (χ1) is 10.1. The number of anilines is 1. The molecule has 0 bridgehead atoms. The lowest BCUT2D eigenvalue weighted by Crippen LogP contribution is -2.37. The summed E-state index contributed by atoms with van der Waals surface area (Å²) in [5.74, 6) is 0.949. The Morgan fingerprint density at radius 2 is 2.00 bits per heavy atom. The van der Waals surface area contributed by atoms with E-state index in [1.165, 1.54) is 5.56 Å². The molecule has 3 nitrogen and oxygen atoms in total. The second-order valence-corrected chi connectivity index (χ2v) is 6.16. The smallest absolute Gasteiger partial charge is 0.125 e. The highest BCUT2D eigenvalue weighted by molar-refractivity contribution is 5.50. The van der Waals surface area contributed by atoms with Gasteiger partial charge in [0.2, 0.25) is 0 Å². The van der Waals surface area contributed by atoms with Gasteiger partial charge in [-0.25, -0.2) is 0 Å². The molecule has 1 aliphatic heterocycles. The van der Waals surface area contributed by atoms with Crippen LogP contribution in [0.3, 0.4) is 0 Å². The van der Waals surface area contributed by atoms with Crippen molar-refractivity contribution in [3.05, 3.63) is 59.7 Å². The number of nitrogens with one attached hydrogen (secondary N) is 1. The van der Waals surface area contributed by atoms with Gasteiger partial charge in [-0.05, 0) is 37.6 Å². The zero-order chi connectivity index (χ0) is 14.9. The van der Waals surface area contributed by atoms with Gasteiger partial charge in [0.05, 0.1) is 12.6 Å². The molecule has 1 aliphatic rings. The van der Waals surface area contributed by atoms with Crippen LogP contribution in [-0.2, 0) is 6.61 Å². The number of hydrogen-bond acceptors (Lipinski definition) is 3. The first-order valence-electron chi connectivity index (χ1n) is 7.32. The molecular weight excluding hydrogens is 262 g/mol. The van der Waals surface area contributed by atoms with Crippen molar-refractivity contribution < 1.29 is 9.84 Å². The maximum atomic E-state index is 9.26. The third-order valence-electron chi connectivity index (χ3n) is 3.83. The monoisotopic (exact) mass is 283 g/mol. The van der Waals surface area contributed by atoms with E-state index in [2.05, 4.69) is 25.2 Å². The predicted molar refractivity (Wildman–Crippen MR) is 84.5 cm³/mol. The summed E-state index contributed by atoms with van der Waals surface area (Å²) >= 11 is 0. The SMILES string of the molecule is CC1(C)CC(Nc2cccc(CO)c2)c2ccccc2O1. The average Bonchev–Trinajstić information content (AvgIpc) is 2.46. The lowest BCUT2D eigenvalue weighted by atomic mass is 9.89. The summed E-state index contributed by atoms with van der Waals surface area (Å²) in [7, 11) is 0. The predicted octanol–water partition coefficient (Wildman–Crippen LogP) is 3.89. The molecule has 0 fully saturated rings. The molecule has 2 aromatic rings. The van der Waals surface area contributed by atoms with Gasteiger partial charge in [-0.1, -0.05) is 30.3 Å². The molecule has 2 aromatic carbocycles. The van der Waals surface area contributed by atoms with E-state index in [1.807, 2.05) is 42.5 Å². The van der Waals surface area contributed by atoms with Gasteiger partial charge in [0, 0.05) is 17.7 Å². The van der Waals surface area contributed by atoms with Crippen LogP contribution in [0.2, 0.25) is 0 Å². The number of ether oxygens (including phenoxy) is 1. The minimum Gasteiger partial charge on any atom is -0.487 e. The topological polar surface area (TPSA) is 41.5 Å². The minimum atomic E-state index is -0.194.